The first-order valence-corrected chi connectivity index (χ1v) is 6.24. The van der Waals surface area contributed by atoms with Crippen LogP contribution in [0.3, 0.4) is 0 Å². The number of nitrogens with zero attached hydrogens (tertiary/aromatic N) is 3. The number of carbonyl (C=O) groups is 1. The highest BCUT2D eigenvalue weighted by Gasteiger charge is 2.17. The Morgan fingerprint density at radius 3 is 2.90 bits per heavy atom. The number of carboxylic acid groups (broad SMARTS) is 1. The van der Waals surface area contributed by atoms with Crippen LogP contribution >= 0.6 is 0 Å². The minimum absolute atomic E-state index is 0.0283. The monoisotopic (exact) mass is 271 g/mol. The zero-order chi connectivity index (χ0) is 14.1. The molecule has 0 atom stereocenters. The van der Waals surface area contributed by atoms with Gasteiger partial charge in [-0.1, -0.05) is 12.1 Å². The van der Waals surface area contributed by atoms with Crippen molar-refractivity contribution < 1.29 is 14.3 Å². The van der Waals surface area contributed by atoms with Crippen LogP contribution < -0.4 is 0 Å². The maximum atomic E-state index is 10.8. The number of aromatic nitrogens is 3. The SMILES string of the molecule is Cc1ncoc1-c1nc2ccccc2n1CCC(=O)O. The summed E-state index contributed by atoms with van der Waals surface area (Å²) in [4.78, 5) is 19.4. The maximum absolute atomic E-state index is 10.8. The van der Waals surface area contributed by atoms with Gasteiger partial charge in [0, 0.05) is 6.54 Å². The van der Waals surface area contributed by atoms with E-state index >= 15 is 0 Å². The number of aryl methyl sites for hydroxylation is 2. The maximum Gasteiger partial charge on any atom is 0.305 e. The van der Waals surface area contributed by atoms with Crippen LogP contribution in [0, 0.1) is 6.92 Å². The Morgan fingerprint density at radius 2 is 2.20 bits per heavy atom. The third-order valence-electron chi connectivity index (χ3n) is 3.15. The molecule has 0 bridgehead atoms. The average molecular weight is 271 g/mol. The Kier molecular flexibility index (Phi) is 2.98. The lowest BCUT2D eigenvalue weighted by molar-refractivity contribution is -0.137. The van der Waals surface area contributed by atoms with E-state index in [0.29, 0.717) is 18.1 Å². The topological polar surface area (TPSA) is 81.2 Å². The molecule has 2 heterocycles. The quantitative estimate of drug-likeness (QED) is 0.788. The van der Waals surface area contributed by atoms with Gasteiger partial charge in [-0.05, 0) is 19.1 Å². The lowest BCUT2D eigenvalue weighted by atomic mass is 10.3. The van der Waals surface area contributed by atoms with E-state index < -0.39 is 5.97 Å². The summed E-state index contributed by atoms with van der Waals surface area (Å²) in [5, 5.41) is 8.89. The van der Waals surface area contributed by atoms with Gasteiger partial charge in [0.15, 0.2) is 18.0 Å². The molecular weight excluding hydrogens is 258 g/mol. The third kappa shape index (κ3) is 2.05. The predicted molar refractivity (Wildman–Crippen MR) is 72.2 cm³/mol. The van der Waals surface area contributed by atoms with E-state index in [4.69, 9.17) is 9.52 Å². The zero-order valence-electron chi connectivity index (χ0n) is 10.9. The summed E-state index contributed by atoms with van der Waals surface area (Å²) >= 11 is 0. The summed E-state index contributed by atoms with van der Waals surface area (Å²) in [6.07, 6.45) is 1.39. The van der Waals surface area contributed by atoms with Gasteiger partial charge in [-0.15, -0.1) is 0 Å². The van der Waals surface area contributed by atoms with E-state index in [1.54, 1.807) is 0 Å². The van der Waals surface area contributed by atoms with Crippen molar-refractivity contribution in [1.82, 2.24) is 14.5 Å². The number of hydrogen-bond acceptors (Lipinski definition) is 4. The highest BCUT2D eigenvalue weighted by atomic mass is 16.4. The Hall–Kier alpha value is -2.63. The summed E-state index contributed by atoms with van der Waals surface area (Å²) < 4.78 is 7.24. The molecule has 0 aliphatic rings. The molecule has 0 saturated carbocycles. The molecule has 3 aromatic rings. The number of hydrogen-bond donors (Lipinski definition) is 1. The lowest BCUT2D eigenvalue weighted by Crippen LogP contribution is -2.06. The second-order valence-corrected chi connectivity index (χ2v) is 4.49. The largest absolute Gasteiger partial charge is 0.481 e. The molecule has 0 amide bonds. The van der Waals surface area contributed by atoms with Gasteiger partial charge in [-0.25, -0.2) is 9.97 Å². The van der Waals surface area contributed by atoms with Gasteiger partial charge in [0.1, 0.15) is 0 Å². The highest BCUT2D eigenvalue weighted by molar-refractivity contribution is 5.80. The Morgan fingerprint density at radius 1 is 1.40 bits per heavy atom. The molecule has 2 aromatic heterocycles. The number of oxazole rings is 1. The van der Waals surface area contributed by atoms with Crippen molar-refractivity contribution in [3.8, 4) is 11.6 Å². The van der Waals surface area contributed by atoms with E-state index in [0.717, 1.165) is 16.7 Å². The fraction of sp³-hybridized carbons (Fsp3) is 0.214. The molecule has 0 fully saturated rings. The molecule has 20 heavy (non-hydrogen) atoms. The van der Waals surface area contributed by atoms with E-state index in [2.05, 4.69) is 9.97 Å². The number of aliphatic carboxylic acids is 1. The van der Waals surface area contributed by atoms with Crippen LogP contribution in [0.15, 0.2) is 35.1 Å². The van der Waals surface area contributed by atoms with Crippen LogP contribution in [0.25, 0.3) is 22.6 Å². The van der Waals surface area contributed by atoms with Crippen molar-refractivity contribution in [2.45, 2.75) is 19.9 Å². The number of carboxylic acids is 1. The molecule has 0 saturated heterocycles. The molecule has 0 aliphatic heterocycles. The van der Waals surface area contributed by atoms with Crippen molar-refractivity contribution in [2.75, 3.05) is 0 Å². The summed E-state index contributed by atoms with van der Waals surface area (Å²) in [7, 11) is 0. The Balaban J connectivity index is 2.17. The Labute approximate surface area is 114 Å². The second kappa shape index (κ2) is 4.80. The number of benzene rings is 1. The van der Waals surface area contributed by atoms with Crippen molar-refractivity contribution in [2.24, 2.45) is 0 Å². The minimum Gasteiger partial charge on any atom is -0.481 e. The van der Waals surface area contributed by atoms with Crippen LogP contribution in [0.1, 0.15) is 12.1 Å². The average Bonchev–Trinajstić information content (AvgIpc) is 2.99. The van der Waals surface area contributed by atoms with Gasteiger partial charge in [0.25, 0.3) is 0 Å². The van der Waals surface area contributed by atoms with Gasteiger partial charge < -0.3 is 14.1 Å². The predicted octanol–water partition coefficient (Wildman–Crippen LogP) is 2.47. The molecule has 1 N–H and O–H groups in total. The van der Waals surface area contributed by atoms with Gasteiger partial charge >= 0.3 is 5.97 Å². The highest BCUT2D eigenvalue weighted by Crippen LogP contribution is 2.27. The van der Waals surface area contributed by atoms with Crippen molar-refractivity contribution in [1.29, 1.82) is 0 Å². The van der Waals surface area contributed by atoms with Crippen LogP contribution in [-0.4, -0.2) is 25.6 Å². The smallest absolute Gasteiger partial charge is 0.305 e. The van der Waals surface area contributed by atoms with Crippen LogP contribution in [0.4, 0.5) is 0 Å². The first-order valence-electron chi connectivity index (χ1n) is 6.24. The molecule has 102 valence electrons. The molecule has 0 unspecified atom stereocenters. The first kappa shape index (κ1) is 12.4. The molecule has 1 aromatic carbocycles. The van der Waals surface area contributed by atoms with Crippen LogP contribution in [0.2, 0.25) is 0 Å². The molecule has 0 spiro atoms. The number of fused-ring (bicyclic) bond motifs is 1. The summed E-state index contributed by atoms with van der Waals surface area (Å²) in [6, 6.07) is 7.60. The molecule has 6 heteroatoms. The molecule has 0 radical (unpaired) electrons. The molecule has 3 rings (SSSR count). The second-order valence-electron chi connectivity index (χ2n) is 4.49. The van der Waals surface area contributed by atoms with Crippen molar-refractivity contribution in [3.63, 3.8) is 0 Å². The van der Waals surface area contributed by atoms with E-state index in [9.17, 15) is 4.79 Å². The van der Waals surface area contributed by atoms with Gasteiger partial charge in [-0.2, -0.15) is 0 Å². The molecule has 6 nitrogen and oxygen atoms in total. The van der Waals surface area contributed by atoms with Gasteiger partial charge in [0.05, 0.1) is 23.1 Å². The summed E-state index contributed by atoms with van der Waals surface area (Å²) in [6.45, 7) is 2.17. The van der Waals surface area contributed by atoms with Crippen molar-refractivity contribution in [3.05, 3.63) is 36.4 Å². The fourth-order valence-corrected chi connectivity index (χ4v) is 2.20. The number of para-hydroxylation sites is 2. The van der Waals surface area contributed by atoms with Gasteiger partial charge in [0.2, 0.25) is 0 Å². The van der Waals surface area contributed by atoms with Crippen molar-refractivity contribution >= 4 is 17.0 Å². The third-order valence-corrected chi connectivity index (χ3v) is 3.15. The van der Waals surface area contributed by atoms with Gasteiger partial charge in [-0.3, -0.25) is 4.79 Å². The van der Waals surface area contributed by atoms with Crippen LogP contribution in [0.5, 0.6) is 0 Å². The first-order chi connectivity index (χ1) is 9.66. The molecule has 0 aliphatic carbocycles. The van der Waals surface area contributed by atoms with E-state index in [1.165, 1.54) is 6.39 Å². The van der Waals surface area contributed by atoms with E-state index in [1.807, 2.05) is 35.8 Å². The number of rotatable bonds is 4. The zero-order valence-corrected chi connectivity index (χ0v) is 10.9. The molecular formula is C14H13N3O3. The lowest BCUT2D eigenvalue weighted by Gasteiger charge is -2.06. The normalized spacial score (nSPS) is 11.1. The van der Waals surface area contributed by atoms with Crippen LogP contribution in [-0.2, 0) is 11.3 Å². The fourth-order valence-electron chi connectivity index (χ4n) is 2.20. The summed E-state index contributed by atoms with van der Waals surface area (Å²) in [5.74, 6) is 0.345. The van der Waals surface area contributed by atoms with E-state index in [-0.39, 0.29) is 6.42 Å². The minimum atomic E-state index is -0.844. The summed E-state index contributed by atoms with van der Waals surface area (Å²) in [5.41, 5.74) is 2.43. The number of imidazole rings is 1. The Bertz CT molecular complexity index is 773. The standard InChI is InChI=1S/C14H13N3O3/c1-9-13(20-8-15-9)14-16-10-4-2-3-5-11(10)17(14)7-6-12(18)19/h2-5,8H,6-7H2,1H3,(H,18,19).